The quantitative estimate of drug-likeness (QED) is 0.0509. The number of allylic oxidation sites excluding steroid dienone is 2. The molecule has 0 aromatic rings. The van der Waals surface area contributed by atoms with Crippen molar-refractivity contribution >= 4 is 11.9 Å². The lowest BCUT2D eigenvalue weighted by Gasteiger charge is -2.04. The predicted octanol–water partition coefficient (Wildman–Crippen LogP) is 11.0. The summed E-state index contributed by atoms with van der Waals surface area (Å²) in [5, 5.41) is 0. The molecule has 0 aliphatic heterocycles. The third-order valence-electron chi connectivity index (χ3n) is 7.22. The van der Waals surface area contributed by atoms with Gasteiger partial charge in [0.1, 0.15) is 13.2 Å². The Kier molecular flexibility index (Phi) is 31.3. The Hall–Kier alpha value is -1.58. The fourth-order valence-electron chi connectivity index (χ4n) is 4.66. The summed E-state index contributed by atoms with van der Waals surface area (Å²) in [6.07, 6.45) is 37.5. The highest BCUT2D eigenvalue weighted by Crippen LogP contribution is 2.14. The molecule has 0 atom stereocenters. The molecule has 0 saturated heterocycles. The zero-order chi connectivity index (χ0) is 28.5. The van der Waals surface area contributed by atoms with Gasteiger partial charge >= 0.3 is 11.9 Å². The van der Waals surface area contributed by atoms with Gasteiger partial charge in [0.05, 0.1) is 0 Å². The van der Waals surface area contributed by atoms with E-state index in [2.05, 4.69) is 26.0 Å². The van der Waals surface area contributed by atoms with Gasteiger partial charge in [0, 0.05) is 12.8 Å². The number of carbonyl (C=O) groups is 2. The zero-order valence-electron chi connectivity index (χ0n) is 26.0. The Balaban J connectivity index is 3.27. The first-order valence-electron chi connectivity index (χ1n) is 16.8. The smallest absolute Gasteiger partial charge is 0.306 e. The van der Waals surface area contributed by atoms with Crippen LogP contribution in [0.3, 0.4) is 0 Å². The van der Waals surface area contributed by atoms with E-state index in [9.17, 15) is 9.59 Å². The molecule has 0 aromatic heterocycles. The Bertz CT molecular complexity index is 531. The molecule has 228 valence electrons. The van der Waals surface area contributed by atoms with E-state index in [-0.39, 0.29) is 11.9 Å². The second-order valence-corrected chi connectivity index (χ2v) is 11.1. The van der Waals surface area contributed by atoms with E-state index in [1.807, 2.05) is 12.2 Å². The molecule has 0 radical (unpaired) electrons. The molecule has 0 bridgehead atoms. The highest BCUT2D eigenvalue weighted by molar-refractivity contribution is 5.69. The third-order valence-corrected chi connectivity index (χ3v) is 7.22. The molecular formula is C35H64O4. The standard InChI is InChI=1S/C35H64O4/c1-3-5-7-9-20-24-28-32-38-34(36)30-26-22-18-16-14-12-11-13-15-17-19-23-27-31-35(37)39-33-29-25-21-10-8-6-4-2/h24-25,28-29H,3-23,26-27,30-33H2,1-2H3/b28-24-,29-25-. The summed E-state index contributed by atoms with van der Waals surface area (Å²) in [6.45, 7) is 5.31. The van der Waals surface area contributed by atoms with Crippen LogP contribution in [0, 0.1) is 0 Å². The van der Waals surface area contributed by atoms with E-state index >= 15 is 0 Å². The molecule has 0 heterocycles. The molecule has 0 rings (SSSR count). The minimum atomic E-state index is -0.0539. The van der Waals surface area contributed by atoms with E-state index in [0.717, 1.165) is 38.5 Å². The first kappa shape index (κ1) is 37.4. The fraction of sp³-hybridized carbons (Fsp3) is 0.829. The van der Waals surface area contributed by atoms with Crippen LogP contribution in [0.25, 0.3) is 0 Å². The number of hydrogen-bond donors (Lipinski definition) is 0. The first-order chi connectivity index (χ1) is 19.2. The van der Waals surface area contributed by atoms with Crippen molar-refractivity contribution in [2.75, 3.05) is 13.2 Å². The molecule has 39 heavy (non-hydrogen) atoms. The molecule has 0 unspecified atom stereocenters. The van der Waals surface area contributed by atoms with Gasteiger partial charge in [-0.2, -0.15) is 0 Å². The lowest BCUT2D eigenvalue weighted by Crippen LogP contribution is -2.04. The van der Waals surface area contributed by atoms with E-state index in [0.29, 0.717) is 26.1 Å². The van der Waals surface area contributed by atoms with Crippen molar-refractivity contribution < 1.29 is 19.1 Å². The van der Waals surface area contributed by atoms with Crippen molar-refractivity contribution in [3.05, 3.63) is 24.3 Å². The molecule has 0 saturated carbocycles. The minimum Gasteiger partial charge on any atom is -0.461 e. The van der Waals surface area contributed by atoms with E-state index < -0.39 is 0 Å². The van der Waals surface area contributed by atoms with Crippen LogP contribution >= 0.6 is 0 Å². The summed E-state index contributed by atoms with van der Waals surface area (Å²) < 4.78 is 10.6. The van der Waals surface area contributed by atoms with E-state index in [1.54, 1.807) is 0 Å². The van der Waals surface area contributed by atoms with Gasteiger partial charge in [0.25, 0.3) is 0 Å². The summed E-state index contributed by atoms with van der Waals surface area (Å²) in [5.74, 6) is -0.108. The van der Waals surface area contributed by atoms with Gasteiger partial charge in [-0.1, -0.05) is 147 Å². The maximum atomic E-state index is 11.8. The van der Waals surface area contributed by atoms with Gasteiger partial charge in [-0.3, -0.25) is 9.59 Å². The van der Waals surface area contributed by atoms with Crippen LogP contribution in [0.4, 0.5) is 0 Å². The van der Waals surface area contributed by atoms with Gasteiger partial charge in [-0.15, -0.1) is 0 Å². The molecule has 0 N–H and O–H groups in total. The Morgan fingerprint density at radius 3 is 1.05 bits per heavy atom. The van der Waals surface area contributed by atoms with E-state index in [1.165, 1.54) is 109 Å². The van der Waals surface area contributed by atoms with Gasteiger partial charge in [-0.05, 0) is 38.5 Å². The first-order valence-corrected chi connectivity index (χ1v) is 16.8. The van der Waals surface area contributed by atoms with Crippen LogP contribution in [0.1, 0.15) is 174 Å². The van der Waals surface area contributed by atoms with Crippen molar-refractivity contribution in [3.63, 3.8) is 0 Å². The Morgan fingerprint density at radius 1 is 0.410 bits per heavy atom. The molecule has 0 aliphatic rings. The normalized spacial score (nSPS) is 11.5. The minimum absolute atomic E-state index is 0.0539. The molecule has 0 spiro atoms. The van der Waals surface area contributed by atoms with Crippen LogP contribution in [-0.2, 0) is 19.1 Å². The molecule has 0 amide bonds. The predicted molar refractivity (Wildman–Crippen MR) is 167 cm³/mol. The van der Waals surface area contributed by atoms with Crippen LogP contribution in [0.5, 0.6) is 0 Å². The fourth-order valence-corrected chi connectivity index (χ4v) is 4.66. The van der Waals surface area contributed by atoms with Gasteiger partial charge in [0.15, 0.2) is 0 Å². The van der Waals surface area contributed by atoms with Crippen molar-refractivity contribution in [3.8, 4) is 0 Å². The highest BCUT2D eigenvalue weighted by Gasteiger charge is 2.02. The summed E-state index contributed by atoms with van der Waals surface area (Å²) in [7, 11) is 0. The maximum absolute atomic E-state index is 11.8. The molecule has 0 aliphatic carbocycles. The largest absolute Gasteiger partial charge is 0.461 e. The van der Waals surface area contributed by atoms with Crippen LogP contribution in [0.15, 0.2) is 24.3 Å². The van der Waals surface area contributed by atoms with Gasteiger partial charge in [-0.25, -0.2) is 0 Å². The number of esters is 2. The second-order valence-electron chi connectivity index (χ2n) is 11.1. The summed E-state index contributed by atoms with van der Waals surface area (Å²) >= 11 is 0. The number of carbonyl (C=O) groups excluding carboxylic acids is 2. The number of unbranched alkanes of at least 4 members (excludes halogenated alkanes) is 20. The maximum Gasteiger partial charge on any atom is 0.306 e. The average Bonchev–Trinajstić information content (AvgIpc) is 2.93. The van der Waals surface area contributed by atoms with Crippen molar-refractivity contribution in [2.24, 2.45) is 0 Å². The molecule has 4 heteroatoms. The SMILES string of the molecule is CCCCCC/C=C\COC(=O)CCCCCCCCCCCCCCCC(=O)OC/C=C\CCCCCC. The highest BCUT2D eigenvalue weighted by atomic mass is 16.5. The lowest BCUT2D eigenvalue weighted by atomic mass is 10.0. The molecular weight excluding hydrogens is 484 g/mol. The topological polar surface area (TPSA) is 52.6 Å². The van der Waals surface area contributed by atoms with Gasteiger partial charge in [0.2, 0.25) is 0 Å². The van der Waals surface area contributed by atoms with Crippen molar-refractivity contribution in [1.29, 1.82) is 0 Å². The summed E-state index contributed by atoms with van der Waals surface area (Å²) in [5.41, 5.74) is 0. The van der Waals surface area contributed by atoms with E-state index in [4.69, 9.17) is 9.47 Å². The molecule has 0 fully saturated rings. The van der Waals surface area contributed by atoms with Crippen molar-refractivity contribution in [1.82, 2.24) is 0 Å². The zero-order valence-corrected chi connectivity index (χ0v) is 26.0. The molecule has 0 aromatic carbocycles. The van der Waals surface area contributed by atoms with Crippen LogP contribution < -0.4 is 0 Å². The van der Waals surface area contributed by atoms with Crippen LogP contribution in [-0.4, -0.2) is 25.2 Å². The summed E-state index contributed by atoms with van der Waals surface area (Å²) in [4.78, 5) is 23.6. The lowest BCUT2D eigenvalue weighted by molar-refractivity contribution is -0.143. The summed E-state index contributed by atoms with van der Waals surface area (Å²) in [6, 6.07) is 0. The van der Waals surface area contributed by atoms with Gasteiger partial charge < -0.3 is 9.47 Å². The third kappa shape index (κ3) is 32.5. The number of rotatable bonds is 30. The monoisotopic (exact) mass is 548 g/mol. The second kappa shape index (κ2) is 32.6. The van der Waals surface area contributed by atoms with Crippen molar-refractivity contribution in [2.45, 2.75) is 174 Å². The number of ether oxygens (including phenoxy) is 2. The molecule has 4 nitrogen and oxygen atoms in total. The Morgan fingerprint density at radius 2 is 0.718 bits per heavy atom. The Labute approximate surface area is 242 Å². The van der Waals surface area contributed by atoms with Crippen LogP contribution in [0.2, 0.25) is 0 Å². The number of hydrogen-bond acceptors (Lipinski definition) is 4. The average molecular weight is 549 g/mol.